The van der Waals surface area contributed by atoms with Crippen molar-refractivity contribution in [3.05, 3.63) is 34.3 Å². The average Bonchev–Trinajstić information content (AvgIpc) is 2.44. The van der Waals surface area contributed by atoms with E-state index < -0.39 is 12.0 Å². The molecule has 3 atom stereocenters. The Balaban J connectivity index is 2.63. The molecule has 0 fully saturated rings. The molecule has 0 radical (unpaired) electrons. The van der Waals surface area contributed by atoms with Crippen molar-refractivity contribution in [2.45, 2.75) is 45.6 Å². The van der Waals surface area contributed by atoms with E-state index in [0.717, 1.165) is 10.0 Å². The largest absolute Gasteiger partial charge is 0.480 e. The number of hydrogen-bond donors (Lipinski definition) is 2. The molecular formula is C16H22BrNO3. The van der Waals surface area contributed by atoms with Crippen LogP contribution in [0.4, 0.5) is 0 Å². The molecule has 0 aliphatic carbocycles. The zero-order valence-electron chi connectivity index (χ0n) is 12.6. The summed E-state index contributed by atoms with van der Waals surface area (Å²) in [6.07, 6.45) is 0.987. The van der Waals surface area contributed by atoms with Crippen LogP contribution in [0.25, 0.3) is 0 Å². The second-order valence-electron chi connectivity index (χ2n) is 5.43. The zero-order chi connectivity index (χ0) is 16.0. The summed E-state index contributed by atoms with van der Waals surface area (Å²) in [7, 11) is 0. The lowest BCUT2D eigenvalue weighted by Gasteiger charge is -2.21. The normalized spacial score (nSPS) is 15.0. The van der Waals surface area contributed by atoms with Gasteiger partial charge in [0.25, 0.3) is 0 Å². The van der Waals surface area contributed by atoms with Gasteiger partial charge >= 0.3 is 5.97 Å². The Hall–Kier alpha value is -1.36. The van der Waals surface area contributed by atoms with Gasteiger partial charge in [-0.1, -0.05) is 55.3 Å². The number of carboxylic acid groups (broad SMARTS) is 1. The third kappa shape index (κ3) is 5.50. The molecule has 1 rings (SSSR count). The summed E-state index contributed by atoms with van der Waals surface area (Å²) in [6, 6.07) is 6.97. The molecule has 1 aromatic carbocycles. The highest BCUT2D eigenvalue weighted by atomic mass is 79.9. The van der Waals surface area contributed by atoms with Crippen molar-refractivity contribution in [1.82, 2.24) is 5.32 Å². The number of benzene rings is 1. The smallest absolute Gasteiger partial charge is 0.326 e. The first-order chi connectivity index (χ1) is 9.85. The van der Waals surface area contributed by atoms with Gasteiger partial charge in [-0.2, -0.15) is 0 Å². The number of halogens is 1. The van der Waals surface area contributed by atoms with Gasteiger partial charge in [-0.15, -0.1) is 0 Å². The Bertz CT molecular complexity index is 487. The van der Waals surface area contributed by atoms with Crippen LogP contribution < -0.4 is 5.32 Å². The molecule has 2 N–H and O–H groups in total. The third-order valence-corrected chi connectivity index (χ3v) is 4.25. The number of nitrogens with one attached hydrogen (secondary N) is 1. The number of amides is 1. The number of rotatable bonds is 7. The Labute approximate surface area is 134 Å². The molecule has 0 spiro atoms. The molecule has 0 saturated carbocycles. The Morgan fingerprint density at radius 3 is 2.29 bits per heavy atom. The van der Waals surface area contributed by atoms with E-state index in [0.29, 0.717) is 6.42 Å². The summed E-state index contributed by atoms with van der Waals surface area (Å²) in [5.74, 6) is -1.24. The van der Waals surface area contributed by atoms with Crippen molar-refractivity contribution in [3.63, 3.8) is 0 Å². The van der Waals surface area contributed by atoms with Gasteiger partial charge in [0, 0.05) is 10.9 Å². The first-order valence-electron chi connectivity index (χ1n) is 7.12. The lowest BCUT2D eigenvalue weighted by molar-refractivity contribution is -0.143. The molecule has 0 saturated heterocycles. The third-order valence-electron chi connectivity index (χ3n) is 3.73. The summed E-state index contributed by atoms with van der Waals surface area (Å²) < 4.78 is 0.991. The van der Waals surface area contributed by atoms with E-state index in [4.69, 9.17) is 0 Å². The van der Waals surface area contributed by atoms with Gasteiger partial charge < -0.3 is 10.4 Å². The van der Waals surface area contributed by atoms with Crippen molar-refractivity contribution >= 4 is 27.8 Å². The fourth-order valence-corrected chi connectivity index (χ4v) is 2.37. The van der Waals surface area contributed by atoms with Gasteiger partial charge in [-0.3, -0.25) is 4.79 Å². The van der Waals surface area contributed by atoms with Crippen LogP contribution in [-0.2, 0) is 9.59 Å². The second kappa shape index (κ2) is 8.17. The molecule has 0 aliphatic rings. The molecule has 1 unspecified atom stereocenters. The Kier molecular flexibility index (Phi) is 6.89. The summed E-state index contributed by atoms with van der Waals surface area (Å²) in [4.78, 5) is 23.3. The number of carbonyl (C=O) groups excluding carboxylic acids is 1. The predicted molar refractivity (Wildman–Crippen MR) is 86.2 cm³/mol. The summed E-state index contributed by atoms with van der Waals surface area (Å²) in [5.41, 5.74) is 1.06. The molecule has 5 heteroatoms. The van der Waals surface area contributed by atoms with E-state index >= 15 is 0 Å². The second-order valence-corrected chi connectivity index (χ2v) is 6.34. The first kappa shape index (κ1) is 17.7. The standard InChI is InChI=1S/C16H22BrNO3/c1-4-10(2)15(16(20)21)18-14(19)9-11(3)12-5-7-13(17)8-6-12/h5-8,10-11,15H,4,9H2,1-3H3,(H,18,19)(H,20,21)/t10-,11?,15-/m0/s1. The highest BCUT2D eigenvalue weighted by Crippen LogP contribution is 2.21. The predicted octanol–water partition coefficient (Wildman–Crippen LogP) is 3.56. The SMILES string of the molecule is CC[C@H](C)[C@H](NC(=O)CC(C)c1ccc(Br)cc1)C(=O)O. The number of hydrogen-bond acceptors (Lipinski definition) is 2. The lowest BCUT2D eigenvalue weighted by Crippen LogP contribution is -2.45. The minimum Gasteiger partial charge on any atom is -0.480 e. The molecule has 116 valence electrons. The van der Waals surface area contributed by atoms with Gasteiger partial charge in [-0.25, -0.2) is 4.79 Å². The maximum atomic E-state index is 12.0. The van der Waals surface area contributed by atoms with E-state index in [1.165, 1.54) is 0 Å². The summed E-state index contributed by atoms with van der Waals surface area (Å²) in [5, 5.41) is 11.8. The van der Waals surface area contributed by atoms with Crippen molar-refractivity contribution in [3.8, 4) is 0 Å². The van der Waals surface area contributed by atoms with Crippen LogP contribution in [0.1, 0.15) is 45.1 Å². The molecule has 0 heterocycles. The molecule has 1 aromatic rings. The molecule has 4 nitrogen and oxygen atoms in total. The van der Waals surface area contributed by atoms with Crippen molar-refractivity contribution in [1.29, 1.82) is 0 Å². The maximum Gasteiger partial charge on any atom is 0.326 e. The molecule has 0 aromatic heterocycles. The molecule has 21 heavy (non-hydrogen) atoms. The van der Waals surface area contributed by atoms with Crippen molar-refractivity contribution < 1.29 is 14.7 Å². The highest BCUT2D eigenvalue weighted by Gasteiger charge is 2.25. The maximum absolute atomic E-state index is 12.0. The molecular weight excluding hydrogens is 334 g/mol. The number of carboxylic acids is 1. The van der Waals surface area contributed by atoms with Crippen LogP contribution in [0, 0.1) is 5.92 Å². The van der Waals surface area contributed by atoms with Gasteiger partial charge in [0.15, 0.2) is 0 Å². The van der Waals surface area contributed by atoms with Crippen LogP contribution in [0.3, 0.4) is 0 Å². The first-order valence-corrected chi connectivity index (χ1v) is 7.92. The van der Waals surface area contributed by atoms with Crippen LogP contribution in [0.5, 0.6) is 0 Å². The average molecular weight is 356 g/mol. The summed E-state index contributed by atoms with van der Waals surface area (Å²) >= 11 is 3.37. The van der Waals surface area contributed by atoms with E-state index in [-0.39, 0.29) is 24.2 Å². The van der Waals surface area contributed by atoms with Gasteiger partial charge in [0.05, 0.1) is 0 Å². The molecule has 1 amide bonds. The Morgan fingerprint density at radius 2 is 1.81 bits per heavy atom. The topological polar surface area (TPSA) is 66.4 Å². The van der Waals surface area contributed by atoms with Crippen LogP contribution in [-0.4, -0.2) is 23.0 Å². The van der Waals surface area contributed by atoms with Crippen LogP contribution in [0.15, 0.2) is 28.7 Å². The van der Waals surface area contributed by atoms with Gasteiger partial charge in [0.2, 0.25) is 5.91 Å². The van der Waals surface area contributed by atoms with Gasteiger partial charge in [-0.05, 0) is 29.5 Å². The fourth-order valence-electron chi connectivity index (χ4n) is 2.10. The Morgan fingerprint density at radius 1 is 1.24 bits per heavy atom. The van der Waals surface area contributed by atoms with Crippen molar-refractivity contribution in [2.75, 3.05) is 0 Å². The minimum atomic E-state index is -0.978. The van der Waals surface area contributed by atoms with E-state index in [1.807, 2.05) is 45.0 Å². The van der Waals surface area contributed by atoms with Crippen LogP contribution in [0.2, 0.25) is 0 Å². The van der Waals surface area contributed by atoms with Gasteiger partial charge in [0.1, 0.15) is 6.04 Å². The summed E-state index contributed by atoms with van der Waals surface area (Å²) in [6.45, 7) is 5.70. The zero-order valence-corrected chi connectivity index (χ0v) is 14.2. The molecule has 0 aliphatic heterocycles. The minimum absolute atomic E-state index is 0.0458. The van der Waals surface area contributed by atoms with E-state index in [9.17, 15) is 14.7 Å². The monoisotopic (exact) mass is 355 g/mol. The lowest BCUT2D eigenvalue weighted by atomic mass is 9.96. The van der Waals surface area contributed by atoms with Crippen LogP contribution >= 0.6 is 15.9 Å². The fraction of sp³-hybridized carbons (Fsp3) is 0.500. The number of aliphatic carboxylic acids is 1. The van der Waals surface area contributed by atoms with Crippen molar-refractivity contribution in [2.24, 2.45) is 5.92 Å². The number of carbonyl (C=O) groups is 2. The quantitative estimate of drug-likeness (QED) is 0.785. The van der Waals surface area contributed by atoms with E-state index in [1.54, 1.807) is 0 Å². The molecule has 0 bridgehead atoms. The highest BCUT2D eigenvalue weighted by molar-refractivity contribution is 9.10. The van der Waals surface area contributed by atoms with E-state index in [2.05, 4.69) is 21.2 Å².